The summed E-state index contributed by atoms with van der Waals surface area (Å²) in [6.07, 6.45) is 4.60. The van der Waals surface area contributed by atoms with Gasteiger partial charge in [0.1, 0.15) is 6.04 Å². The van der Waals surface area contributed by atoms with Gasteiger partial charge in [-0.05, 0) is 23.1 Å². The lowest BCUT2D eigenvalue weighted by Crippen LogP contribution is -2.33. The fourth-order valence-corrected chi connectivity index (χ4v) is 1.88. The first-order chi connectivity index (χ1) is 7.68. The third kappa shape index (κ3) is 2.20. The molecule has 1 aliphatic rings. The molecule has 0 radical (unpaired) electrons. The molecular formula is C11H14N2O3. The van der Waals surface area contributed by atoms with Gasteiger partial charge in [0.15, 0.2) is 0 Å². The minimum atomic E-state index is -0.982. The largest absolute Gasteiger partial charge is 0.480 e. The predicted molar refractivity (Wildman–Crippen MR) is 56.9 cm³/mol. The molecule has 3 N–H and O–H groups in total. The minimum absolute atomic E-state index is 0.325. The van der Waals surface area contributed by atoms with E-state index < -0.39 is 12.0 Å². The van der Waals surface area contributed by atoms with Crippen LogP contribution in [0.5, 0.6) is 0 Å². The fourth-order valence-electron chi connectivity index (χ4n) is 1.88. The van der Waals surface area contributed by atoms with Gasteiger partial charge < -0.3 is 15.6 Å². The second-order valence-electron chi connectivity index (χ2n) is 3.89. The zero-order chi connectivity index (χ0) is 11.5. The van der Waals surface area contributed by atoms with Crippen LogP contribution in [0.3, 0.4) is 0 Å². The van der Waals surface area contributed by atoms with Gasteiger partial charge in [0.05, 0.1) is 13.2 Å². The molecule has 1 aliphatic heterocycles. The van der Waals surface area contributed by atoms with Crippen LogP contribution in [-0.4, -0.2) is 28.7 Å². The van der Waals surface area contributed by atoms with Gasteiger partial charge >= 0.3 is 5.97 Å². The van der Waals surface area contributed by atoms with Crippen molar-refractivity contribution in [3.63, 3.8) is 0 Å². The van der Waals surface area contributed by atoms with Crippen molar-refractivity contribution in [2.24, 2.45) is 5.73 Å². The molecule has 1 unspecified atom stereocenters. The number of carbonyl (C=O) groups is 1. The van der Waals surface area contributed by atoms with Gasteiger partial charge in [0.25, 0.3) is 0 Å². The van der Waals surface area contributed by atoms with Crippen molar-refractivity contribution in [3.05, 3.63) is 29.1 Å². The van der Waals surface area contributed by atoms with Crippen LogP contribution in [-0.2, 0) is 29.0 Å². The molecule has 0 saturated carbocycles. The van der Waals surface area contributed by atoms with Gasteiger partial charge in [-0.25, -0.2) is 0 Å². The Kier molecular flexibility index (Phi) is 3.17. The lowest BCUT2D eigenvalue weighted by atomic mass is 9.96. The number of rotatable bonds is 3. The van der Waals surface area contributed by atoms with E-state index in [4.69, 9.17) is 15.6 Å². The number of nitrogens with two attached hydrogens (primary N) is 1. The van der Waals surface area contributed by atoms with Crippen molar-refractivity contribution in [1.82, 2.24) is 4.98 Å². The molecule has 16 heavy (non-hydrogen) atoms. The maximum atomic E-state index is 10.7. The Morgan fingerprint density at radius 3 is 3.19 bits per heavy atom. The molecule has 5 heteroatoms. The summed E-state index contributed by atoms with van der Waals surface area (Å²) in [5, 5.41) is 8.78. The smallest absolute Gasteiger partial charge is 0.320 e. The van der Waals surface area contributed by atoms with Crippen LogP contribution >= 0.6 is 0 Å². The molecule has 2 rings (SSSR count). The van der Waals surface area contributed by atoms with Crippen LogP contribution in [0.15, 0.2) is 12.4 Å². The highest BCUT2D eigenvalue weighted by molar-refractivity contribution is 5.73. The summed E-state index contributed by atoms with van der Waals surface area (Å²) in [5.74, 6) is -0.982. The number of aromatic nitrogens is 1. The Morgan fingerprint density at radius 1 is 1.62 bits per heavy atom. The van der Waals surface area contributed by atoms with E-state index in [1.807, 2.05) is 0 Å². The van der Waals surface area contributed by atoms with Crippen molar-refractivity contribution in [1.29, 1.82) is 0 Å². The summed E-state index contributed by atoms with van der Waals surface area (Å²) in [6.45, 7) is 1.23. The van der Waals surface area contributed by atoms with E-state index in [1.165, 1.54) is 0 Å². The van der Waals surface area contributed by atoms with Crippen LogP contribution in [0, 0.1) is 0 Å². The van der Waals surface area contributed by atoms with Gasteiger partial charge in [0.2, 0.25) is 0 Å². The van der Waals surface area contributed by atoms with Gasteiger partial charge in [-0.15, -0.1) is 0 Å². The lowest BCUT2D eigenvalue weighted by molar-refractivity contribution is -0.138. The third-order valence-electron chi connectivity index (χ3n) is 2.75. The van der Waals surface area contributed by atoms with Crippen LogP contribution in [0.25, 0.3) is 0 Å². The van der Waals surface area contributed by atoms with Crippen LogP contribution in [0.4, 0.5) is 0 Å². The molecule has 0 aromatic carbocycles. The zero-order valence-electron chi connectivity index (χ0n) is 8.85. The molecule has 2 heterocycles. The number of carboxylic acids is 1. The Balaban J connectivity index is 2.24. The van der Waals surface area contributed by atoms with Gasteiger partial charge in [-0.1, -0.05) is 0 Å². The number of aliphatic carboxylic acids is 1. The molecule has 1 aromatic heterocycles. The van der Waals surface area contributed by atoms with E-state index in [0.717, 1.165) is 23.1 Å². The van der Waals surface area contributed by atoms with Gasteiger partial charge in [0, 0.05) is 18.8 Å². The average Bonchev–Trinajstić information content (AvgIpc) is 2.29. The minimum Gasteiger partial charge on any atom is -0.480 e. The summed E-state index contributed by atoms with van der Waals surface area (Å²) < 4.78 is 5.32. The highest BCUT2D eigenvalue weighted by atomic mass is 16.5. The molecule has 0 spiro atoms. The number of hydrogen-bond donors (Lipinski definition) is 2. The number of fused-ring (bicyclic) bond motifs is 1. The third-order valence-corrected chi connectivity index (χ3v) is 2.75. The Labute approximate surface area is 93.2 Å². The normalized spacial score (nSPS) is 16.6. The zero-order valence-corrected chi connectivity index (χ0v) is 8.85. The number of ether oxygens (including phenoxy) is 1. The Bertz CT molecular complexity index is 406. The SMILES string of the molecule is NC(Cc1cncc2c1CCOC2)C(=O)O. The molecule has 0 aliphatic carbocycles. The first-order valence-electron chi connectivity index (χ1n) is 5.19. The van der Waals surface area contributed by atoms with Crippen LogP contribution in [0.2, 0.25) is 0 Å². The second-order valence-corrected chi connectivity index (χ2v) is 3.89. The summed E-state index contributed by atoms with van der Waals surface area (Å²) >= 11 is 0. The summed E-state index contributed by atoms with van der Waals surface area (Å²) in [5.41, 5.74) is 8.64. The van der Waals surface area contributed by atoms with E-state index >= 15 is 0 Å². The van der Waals surface area contributed by atoms with Crippen molar-refractivity contribution in [2.75, 3.05) is 6.61 Å². The molecule has 0 bridgehead atoms. The van der Waals surface area contributed by atoms with Crippen molar-refractivity contribution in [2.45, 2.75) is 25.5 Å². The van der Waals surface area contributed by atoms with E-state index in [9.17, 15) is 4.79 Å². The Hall–Kier alpha value is -1.46. The average molecular weight is 222 g/mol. The van der Waals surface area contributed by atoms with Gasteiger partial charge in [-0.2, -0.15) is 0 Å². The second kappa shape index (κ2) is 4.59. The maximum absolute atomic E-state index is 10.7. The van der Waals surface area contributed by atoms with E-state index in [0.29, 0.717) is 19.6 Å². The number of hydrogen-bond acceptors (Lipinski definition) is 4. The van der Waals surface area contributed by atoms with Crippen molar-refractivity contribution in [3.8, 4) is 0 Å². The molecule has 0 saturated heterocycles. The summed E-state index contributed by atoms with van der Waals surface area (Å²) in [4.78, 5) is 14.8. The van der Waals surface area contributed by atoms with Crippen molar-refractivity contribution >= 4 is 5.97 Å². The molecule has 1 atom stereocenters. The quantitative estimate of drug-likeness (QED) is 0.758. The Morgan fingerprint density at radius 2 is 2.44 bits per heavy atom. The summed E-state index contributed by atoms with van der Waals surface area (Å²) in [7, 11) is 0. The van der Waals surface area contributed by atoms with E-state index in [1.54, 1.807) is 12.4 Å². The fraction of sp³-hybridized carbons (Fsp3) is 0.455. The topological polar surface area (TPSA) is 85.4 Å². The first-order valence-corrected chi connectivity index (χ1v) is 5.19. The first kappa shape index (κ1) is 11.0. The van der Waals surface area contributed by atoms with Gasteiger partial charge in [-0.3, -0.25) is 9.78 Å². The standard InChI is InChI=1S/C11H14N2O3/c12-10(11(14)15)3-7-4-13-5-8-6-16-2-1-9(7)8/h4-5,10H,1-3,6,12H2,(H,14,15). The molecule has 5 nitrogen and oxygen atoms in total. The van der Waals surface area contributed by atoms with E-state index in [-0.39, 0.29) is 0 Å². The summed E-state index contributed by atoms with van der Waals surface area (Å²) in [6, 6.07) is -0.865. The highest BCUT2D eigenvalue weighted by Gasteiger charge is 2.18. The lowest BCUT2D eigenvalue weighted by Gasteiger charge is -2.19. The molecule has 86 valence electrons. The molecular weight excluding hydrogens is 208 g/mol. The number of nitrogens with zero attached hydrogens (tertiary/aromatic N) is 1. The van der Waals surface area contributed by atoms with Crippen LogP contribution in [0.1, 0.15) is 16.7 Å². The number of pyridine rings is 1. The van der Waals surface area contributed by atoms with Crippen LogP contribution < -0.4 is 5.73 Å². The molecule has 0 amide bonds. The monoisotopic (exact) mass is 222 g/mol. The predicted octanol–water partition coefficient (Wildman–Crippen LogP) is 0.109. The molecule has 1 aromatic rings. The highest BCUT2D eigenvalue weighted by Crippen LogP contribution is 2.20. The molecule has 0 fully saturated rings. The maximum Gasteiger partial charge on any atom is 0.320 e. The van der Waals surface area contributed by atoms with Crippen molar-refractivity contribution < 1.29 is 14.6 Å². The van der Waals surface area contributed by atoms with E-state index in [2.05, 4.69) is 4.98 Å². The number of carboxylic acid groups (broad SMARTS) is 1.